The lowest BCUT2D eigenvalue weighted by molar-refractivity contribution is -0.266. The number of benzene rings is 1. The largest absolute Gasteiger partial charge is 0.494 e. The van der Waals surface area contributed by atoms with Crippen LogP contribution >= 0.6 is 0 Å². The highest BCUT2D eigenvalue weighted by atomic mass is 16.7. The highest BCUT2D eigenvalue weighted by Crippen LogP contribution is 2.31. The average molecular weight is 320 g/mol. The molecule has 0 spiro atoms. The Bertz CT molecular complexity index is 433. The Morgan fingerprint density at radius 3 is 2.26 bits per heavy atom. The van der Waals surface area contributed by atoms with Crippen molar-refractivity contribution in [1.82, 2.24) is 0 Å². The van der Waals surface area contributed by atoms with E-state index in [1.54, 1.807) is 0 Å². The molecule has 3 nitrogen and oxygen atoms in total. The van der Waals surface area contributed by atoms with Gasteiger partial charge in [0.15, 0.2) is 5.79 Å². The van der Waals surface area contributed by atoms with Gasteiger partial charge >= 0.3 is 0 Å². The van der Waals surface area contributed by atoms with E-state index in [0.717, 1.165) is 44.8 Å². The summed E-state index contributed by atoms with van der Waals surface area (Å²) >= 11 is 0. The molecule has 0 bridgehead atoms. The van der Waals surface area contributed by atoms with E-state index in [4.69, 9.17) is 14.2 Å². The zero-order valence-corrected chi connectivity index (χ0v) is 15.0. The quantitative estimate of drug-likeness (QED) is 0.578. The second kappa shape index (κ2) is 9.29. The molecule has 0 unspecified atom stereocenters. The van der Waals surface area contributed by atoms with Gasteiger partial charge in [0.25, 0.3) is 0 Å². The molecular weight excluding hydrogens is 288 g/mol. The van der Waals surface area contributed by atoms with E-state index in [1.165, 1.54) is 24.8 Å². The van der Waals surface area contributed by atoms with Crippen LogP contribution in [0.15, 0.2) is 24.3 Å². The van der Waals surface area contributed by atoms with Crippen LogP contribution in [0.2, 0.25) is 0 Å². The molecule has 0 aromatic heterocycles. The minimum absolute atomic E-state index is 0.318. The first-order chi connectivity index (χ1) is 11.2. The lowest BCUT2D eigenvalue weighted by Crippen LogP contribution is -2.40. The van der Waals surface area contributed by atoms with Crippen LogP contribution in [0.5, 0.6) is 5.75 Å². The molecule has 0 radical (unpaired) electrons. The minimum Gasteiger partial charge on any atom is -0.494 e. The predicted molar refractivity (Wildman–Crippen MR) is 94.0 cm³/mol. The highest BCUT2D eigenvalue weighted by molar-refractivity contribution is 5.29. The molecule has 1 aliphatic heterocycles. The van der Waals surface area contributed by atoms with Crippen LogP contribution in [0.25, 0.3) is 0 Å². The van der Waals surface area contributed by atoms with Crippen LogP contribution in [0.1, 0.15) is 70.8 Å². The molecular formula is C20H32O3. The predicted octanol–water partition coefficient (Wildman–Crippen LogP) is 5.29. The molecule has 1 aromatic carbocycles. The maximum Gasteiger partial charge on any atom is 0.165 e. The smallest absolute Gasteiger partial charge is 0.165 e. The summed E-state index contributed by atoms with van der Waals surface area (Å²) < 4.78 is 17.8. The normalized spacial score (nSPS) is 24.6. The first-order valence-electron chi connectivity index (χ1n) is 9.17. The van der Waals surface area contributed by atoms with Crippen LogP contribution in [0, 0.1) is 0 Å². The first kappa shape index (κ1) is 18.3. The Hall–Kier alpha value is -1.06. The van der Waals surface area contributed by atoms with Gasteiger partial charge in [0, 0.05) is 12.3 Å². The van der Waals surface area contributed by atoms with Crippen molar-refractivity contribution in [1.29, 1.82) is 0 Å². The number of ether oxygens (including phenoxy) is 3. The van der Waals surface area contributed by atoms with Crippen molar-refractivity contribution >= 4 is 0 Å². The van der Waals surface area contributed by atoms with Gasteiger partial charge in [0.1, 0.15) is 5.75 Å². The molecule has 0 N–H and O–H groups in total. The van der Waals surface area contributed by atoms with Gasteiger partial charge in [-0.25, -0.2) is 0 Å². The molecule has 1 fully saturated rings. The van der Waals surface area contributed by atoms with Crippen molar-refractivity contribution in [3.8, 4) is 5.75 Å². The average Bonchev–Trinajstić information content (AvgIpc) is 2.57. The summed E-state index contributed by atoms with van der Waals surface area (Å²) in [6.45, 7) is 8.73. The summed E-state index contributed by atoms with van der Waals surface area (Å²) in [5, 5.41) is 0. The molecule has 23 heavy (non-hydrogen) atoms. The summed E-state index contributed by atoms with van der Waals surface area (Å²) in [6.07, 6.45) is 6.88. The Labute approximate surface area is 141 Å². The number of rotatable bonds is 9. The number of unbranched alkanes of at least 4 members (excludes halogenated alkanes) is 3. The molecule has 0 saturated carbocycles. The SMILES string of the molecule is CCCCC[C@]1(C)OC[C@@H](c2ccc(OCCCC)cc2)CO1. The van der Waals surface area contributed by atoms with Gasteiger partial charge in [-0.1, -0.05) is 45.2 Å². The summed E-state index contributed by atoms with van der Waals surface area (Å²) in [4.78, 5) is 0. The van der Waals surface area contributed by atoms with Gasteiger partial charge in [-0.2, -0.15) is 0 Å². The summed E-state index contributed by atoms with van der Waals surface area (Å²) in [6, 6.07) is 8.39. The zero-order chi connectivity index (χ0) is 16.5. The van der Waals surface area contributed by atoms with Crippen LogP contribution in [0.4, 0.5) is 0 Å². The van der Waals surface area contributed by atoms with Crippen molar-refractivity contribution < 1.29 is 14.2 Å². The van der Waals surface area contributed by atoms with Gasteiger partial charge in [-0.15, -0.1) is 0 Å². The Morgan fingerprint density at radius 1 is 1.00 bits per heavy atom. The van der Waals surface area contributed by atoms with Crippen molar-refractivity contribution in [3.63, 3.8) is 0 Å². The number of hydrogen-bond acceptors (Lipinski definition) is 3. The summed E-state index contributed by atoms with van der Waals surface area (Å²) in [5.74, 6) is 0.873. The number of hydrogen-bond donors (Lipinski definition) is 0. The topological polar surface area (TPSA) is 27.7 Å². The molecule has 0 aliphatic carbocycles. The van der Waals surface area contributed by atoms with Crippen LogP contribution < -0.4 is 4.74 Å². The molecule has 1 aromatic rings. The van der Waals surface area contributed by atoms with Gasteiger partial charge in [-0.05, 0) is 37.5 Å². The highest BCUT2D eigenvalue weighted by Gasteiger charge is 2.32. The van der Waals surface area contributed by atoms with Crippen molar-refractivity contribution in [3.05, 3.63) is 29.8 Å². The van der Waals surface area contributed by atoms with Gasteiger partial charge < -0.3 is 14.2 Å². The second-order valence-corrected chi connectivity index (χ2v) is 6.68. The zero-order valence-electron chi connectivity index (χ0n) is 15.0. The summed E-state index contributed by atoms with van der Waals surface area (Å²) in [5.41, 5.74) is 1.27. The third kappa shape index (κ3) is 5.82. The molecule has 2 rings (SSSR count). The fraction of sp³-hybridized carbons (Fsp3) is 0.700. The molecule has 0 amide bonds. The summed E-state index contributed by atoms with van der Waals surface area (Å²) in [7, 11) is 0. The van der Waals surface area contributed by atoms with E-state index in [0.29, 0.717) is 5.92 Å². The Kier molecular flexibility index (Phi) is 7.38. The standard InChI is InChI=1S/C20H32O3/c1-4-6-8-13-20(3)22-15-18(16-23-20)17-9-11-19(12-10-17)21-14-7-5-2/h9-12,18H,4-8,13-16H2,1-3H3/t18-,20-. The third-order valence-electron chi connectivity index (χ3n) is 4.53. The fourth-order valence-electron chi connectivity index (χ4n) is 2.85. The van der Waals surface area contributed by atoms with Crippen molar-refractivity contribution in [2.24, 2.45) is 0 Å². The monoisotopic (exact) mass is 320 g/mol. The van der Waals surface area contributed by atoms with E-state index in [2.05, 4.69) is 45.0 Å². The lowest BCUT2D eigenvalue weighted by Gasteiger charge is -2.38. The van der Waals surface area contributed by atoms with Gasteiger partial charge in [0.05, 0.1) is 19.8 Å². The Balaban J connectivity index is 1.80. The van der Waals surface area contributed by atoms with Crippen LogP contribution in [-0.4, -0.2) is 25.6 Å². The minimum atomic E-state index is -0.394. The van der Waals surface area contributed by atoms with Crippen molar-refractivity contribution in [2.45, 2.75) is 71.0 Å². The molecule has 130 valence electrons. The molecule has 1 saturated heterocycles. The van der Waals surface area contributed by atoms with E-state index in [1.807, 2.05) is 0 Å². The maximum absolute atomic E-state index is 6.04. The third-order valence-corrected chi connectivity index (χ3v) is 4.53. The molecule has 0 atom stereocenters. The van der Waals surface area contributed by atoms with E-state index in [9.17, 15) is 0 Å². The Morgan fingerprint density at radius 2 is 1.65 bits per heavy atom. The fourth-order valence-corrected chi connectivity index (χ4v) is 2.85. The van der Waals surface area contributed by atoms with Crippen LogP contribution in [0.3, 0.4) is 0 Å². The lowest BCUT2D eigenvalue weighted by atomic mass is 9.98. The first-order valence-corrected chi connectivity index (χ1v) is 9.17. The van der Waals surface area contributed by atoms with E-state index in [-0.39, 0.29) is 0 Å². The molecule has 3 heteroatoms. The molecule has 1 aliphatic rings. The van der Waals surface area contributed by atoms with E-state index >= 15 is 0 Å². The maximum atomic E-state index is 6.04. The van der Waals surface area contributed by atoms with E-state index < -0.39 is 5.79 Å². The van der Waals surface area contributed by atoms with Gasteiger partial charge in [0.2, 0.25) is 0 Å². The molecule has 1 heterocycles. The van der Waals surface area contributed by atoms with Gasteiger partial charge in [-0.3, -0.25) is 0 Å². The van der Waals surface area contributed by atoms with Crippen LogP contribution in [-0.2, 0) is 9.47 Å². The van der Waals surface area contributed by atoms with Crippen molar-refractivity contribution in [2.75, 3.05) is 19.8 Å². The second-order valence-electron chi connectivity index (χ2n) is 6.68.